The highest BCUT2D eigenvalue weighted by molar-refractivity contribution is 6.36. The molecule has 4 aliphatic rings. The zero-order valence-corrected chi connectivity index (χ0v) is 17.7. The van der Waals surface area contributed by atoms with Crippen LogP contribution in [0.15, 0.2) is 23.8 Å². The number of carboxylic acid groups (broad SMARTS) is 1. The minimum atomic E-state index is -2.27. The summed E-state index contributed by atoms with van der Waals surface area (Å²) in [6, 6.07) is 0. The van der Waals surface area contributed by atoms with E-state index in [9.17, 15) is 24.6 Å². The molecular weight excluding hydrogens is 418 g/mol. The van der Waals surface area contributed by atoms with Crippen molar-refractivity contribution in [3.8, 4) is 0 Å². The van der Waals surface area contributed by atoms with Crippen molar-refractivity contribution in [3.63, 3.8) is 0 Å². The molecular formula is C22H25ClF2O5. The van der Waals surface area contributed by atoms with Crippen LogP contribution in [0, 0.1) is 28.6 Å². The van der Waals surface area contributed by atoms with E-state index in [0.29, 0.717) is 0 Å². The van der Waals surface area contributed by atoms with E-state index in [-0.39, 0.29) is 30.6 Å². The molecule has 8 heteroatoms. The number of aliphatic carboxylic acids is 1. The summed E-state index contributed by atoms with van der Waals surface area (Å²) < 4.78 is 31.3. The van der Waals surface area contributed by atoms with Gasteiger partial charge in [-0.15, -0.1) is 11.6 Å². The number of carbonyl (C=O) groups is 3. The van der Waals surface area contributed by atoms with E-state index in [0.717, 1.165) is 0 Å². The molecule has 3 saturated carbocycles. The van der Waals surface area contributed by atoms with Gasteiger partial charge in [0.1, 0.15) is 17.9 Å². The summed E-state index contributed by atoms with van der Waals surface area (Å²) in [5.74, 6) is -5.60. The molecule has 30 heavy (non-hydrogen) atoms. The Morgan fingerprint density at radius 3 is 2.43 bits per heavy atom. The Morgan fingerprint density at radius 2 is 1.83 bits per heavy atom. The van der Waals surface area contributed by atoms with Gasteiger partial charge in [0.05, 0.1) is 4.87 Å². The molecule has 9 atom stereocenters. The monoisotopic (exact) mass is 442 g/mol. The molecule has 0 aromatic heterocycles. The fraction of sp³-hybridized carbons (Fsp3) is 0.682. The third-order valence-electron chi connectivity index (χ3n) is 8.71. The lowest BCUT2D eigenvalue weighted by atomic mass is 9.45. The van der Waals surface area contributed by atoms with Crippen LogP contribution in [0.4, 0.5) is 8.78 Å². The largest absolute Gasteiger partial charge is 0.475 e. The quantitative estimate of drug-likeness (QED) is 0.506. The van der Waals surface area contributed by atoms with Gasteiger partial charge in [0, 0.05) is 10.8 Å². The van der Waals surface area contributed by atoms with E-state index < -0.39 is 63.2 Å². The molecule has 2 N–H and O–H groups in total. The van der Waals surface area contributed by atoms with E-state index in [4.69, 9.17) is 11.6 Å². The molecule has 4 aliphatic carbocycles. The number of ketones is 2. The van der Waals surface area contributed by atoms with Crippen LogP contribution in [0.1, 0.15) is 40.0 Å². The maximum absolute atomic E-state index is 16.0. The smallest absolute Gasteiger partial charge is 0.375 e. The van der Waals surface area contributed by atoms with Crippen LogP contribution in [0.3, 0.4) is 0 Å². The second-order valence-corrected chi connectivity index (χ2v) is 10.5. The maximum atomic E-state index is 16.0. The van der Waals surface area contributed by atoms with E-state index in [1.165, 1.54) is 25.2 Å². The molecule has 0 heterocycles. The highest BCUT2D eigenvalue weighted by atomic mass is 35.5. The summed E-state index contributed by atoms with van der Waals surface area (Å²) in [6.45, 7) is 4.71. The lowest BCUT2D eigenvalue weighted by molar-refractivity contribution is -0.181. The van der Waals surface area contributed by atoms with Gasteiger partial charge >= 0.3 is 5.97 Å². The standard InChI is InChI=1S/C22H25ClF2O5/c1-10-6-12-13-8-15(24)14-7-11(26)4-5-19(14,2)21(13,23)16(25)9-20(12,3)22(10,30)17(27)18(28)29/h4-5,7,10,12-13,15-16,30H,6,8-9H2,1-3H3,(H,28,29)/t10?,12-,13-,15?,16?,19-,20-,21-,22-/m0/s1. The third kappa shape index (κ3) is 2.23. The highest BCUT2D eigenvalue weighted by Crippen LogP contribution is 2.72. The molecule has 0 radical (unpaired) electrons. The Bertz CT molecular complexity index is 917. The van der Waals surface area contributed by atoms with Crippen LogP contribution >= 0.6 is 11.6 Å². The van der Waals surface area contributed by atoms with Crippen LogP contribution in [0.25, 0.3) is 0 Å². The van der Waals surface area contributed by atoms with Crippen LogP contribution in [-0.2, 0) is 14.4 Å². The average molecular weight is 443 g/mol. The van der Waals surface area contributed by atoms with E-state index >= 15 is 8.78 Å². The number of halogens is 3. The topological polar surface area (TPSA) is 91.7 Å². The van der Waals surface area contributed by atoms with Gasteiger partial charge in [-0.25, -0.2) is 13.6 Å². The maximum Gasteiger partial charge on any atom is 0.375 e. The number of carbonyl (C=O) groups excluding carboxylic acids is 2. The van der Waals surface area contributed by atoms with Gasteiger partial charge in [0.25, 0.3) is 5.78 Å². The fourth-order valence-electron chi connectivity index (χ4n) is 7.12. The van der Waals surface area contributed by atoms with Gasteiger partial charge in [-0.3, -0.25) is 9.59 Å². The zero-order chi connectivity index (χ0) is 22.4. The first-order chi connectivity index (χ1) is 13.7. The Labute approximate surface area is 178 Å². The summed E-state index contributed by atoms with van der Waals surface area (Å²) in [5.41, 5.74) is -4.79. The molecule has 0 bridgehead atoms. The van der Waals surface area contributed by atoms with E-state index in [1.807, 2.05) is 0 Å². The van der Waals surface area contributed by atoms with Crippen LogP contribution < -0.4 is 0 Å². The van der Waals surface area contributed by atoms with Crippen molar-refractivity contribution in [1.29, 1.82) is 0 Å². The van der Waals surface area contributed by atoms with Crippen molar-refractivity contribution in [1.82, 2.24) is 0 Å². The predicted molar refractivity (Wildman–Crippen MR) is 104 cm³/mol. The summed E-state index contributed by atoms with van der Waals surface area (Å²) in [7, 11) is 0. The second-order valence-electron chi connectivity index (χ2n) is 9.85. The number of fused-ring (bicyclic) bond motifs is 5. The number of allylic oxidation sites excluding steroid dienone is 4. The summed E-state index contributed by atoms with van der Waals surface area (Å²) in [4.78, 5) is 34.3. The number of alkyl halides is 3. The first-order valence-corrected chi connectivity index (χ1v) is 10.5. The van der Waals surface area contributed by atoms with Crippen molar-refractivity contribution in [3.05, 3.63) is 23.8 Å². The second kappa shape index (κ2) is 6.22. The molecule has 4 rings (SSSR count). The SMILES string of the molecule is CC1C[C@H]2[C@@H]3CC(F)C4=CC(=O)C=C[C@]4(C)[C@@]3(Cl)C(F)C[C@]2(C)[C@@]1(O)C(=O)C(=O)O. The minimum absolute atomic E-state index is 0.149. The molecule has 0 aromatic carbocycles. The first kappa shape index (κ1) is 21.6. The number of Topliss-reactive ketones (excluding diaryl/α,β-unsaturated/α-hetero) is 1. The third-order valence-corrected chi connectivity index (χ3v) is 9.62. The summed E-state index contributed by atoms with van der Waals surface area (Å²) >= 11 is 7.04. The van der Waals surface area contributed by atoms with E-state index in [2.05, 4.69) is 0 Å². The van der Waals surface area contributed by atoms with E-state index in [1.54, 1.807) is 13.8 Å². The van der Waals surface area contributed by atoms with Crippen molar-refractivity contribution in [2.45, 2.75) is 62.9 Å². The predicted octanol–water partition coefficient (Wildman–Crippen LogP) is 3.18. The van der Waals surface area contributed by atoms with Crippen LogP contribution in [0.5, 0.6) is 0 Å². The van der Waals surface area contributed by atoms with Gasteiger partial charge in [-0.05, 0) is 54.7 Å². The van der Waals surface area contributed by atoms with Crippen molar-refractivity contribution < 1.29 is 33.4 Å². The zero-order valence-electron chi connectivity index (χ0n) is 17.0. The highest BCUT2D eigenvalue weighted by Gasteiger charge is 2.76. The minimum Gasteiger partial charge on any atom is -0.475 e. The molecule has 0 spiro atoms. The fourth-order valence-corrected chi connectivity index (χ4v) is 7.61. The first-order valence-electron chi connectivity index (χ1n) is 10.2. The normalized spacial score (nSPS) is 52.2. The van der Waals surface area contributed by atoms with Crippen LogP contribution in [0.2, 0.25) is 0 Å². The van der Waals surface area contributed by atoms with Crippen molar-refractivity contribution in [2.24, 2.45) is 28.6 Å². The van der Waals surface area contributed by atoms with Gasteiger partial charge in [0.2, 0.25) is 0 Å². The molecule has 0 aliphatic heterocycles. The molecule has 0 aromatic rings. The summed E-state index contributed by atoms with van der Waals surface area (Å²) in [5, 5.41) is 20.6. The number of carboxylic acids is 1. The van der Waals surface area contributed by atoms with Crippen molar-refractivity contribution in [2.75, 3.05) is 0 Å². The Kier molecular flexibility index (Phi) is 4.49. The molecule has 5 nitrogen and oxygen atoms in total. The molecule has 0 saturated heterocycles. The number of aliphatic hydroxyl groups is 1. The Morgan fingerprint density at radius 1 is 1.20 bits per heavy atom. The molecule has 164 valence electrons. The van der Waals surface area contributed by atoms with Crippen LogP contribution in [-0.4, -0.2) is 50.6 Å². The van der Waals surface area contributed by atoms with Gasteiger partial charge < -0.3 is 10.2 Å². The number of hydrogen-bond acceptors (Lipinski definition) is 4. The molecule has 3 unspecified atom stereocenters. The van der Waals surface area contributed by atoms with Crippen molar-refractivity contribution >= 4 is 29.1 Å². The Hall–Kier alpha value is -1.60. The average Bonchev–Trinajstić information content (AvgIpc) is 2.86. The lowest BCUT2D eigenvalue weighted by Crippen LogP contribution is -2.69. The number of hydrogen-bond donors (Lipinski definition) is 2. The molecule has 3 fully saturated rings. The van der Waals surface area contributed by atoms with Gasteiger partial charge in [0.15, 0.2) is 5.78 Å². The van der Waals surface area contributed by atoms with Gasteiger partial charge in [-0.2, -0.15) is 0 Å². The molecule has 0 amide bonds. The van der Waals surface area contributed by atoms with Gasteiger partial charge in [-0.1, -0.05) is 26.8 Å². The number of rotatable bonds is 2. The lowest BCUT2D eigenvalue weighted by Gasteiger charge is -2.63. The Balaban J connectivity index is 1.87. The summed E-state index contributed by atoms with van der Waals surface area (Å²) in [6.07, 6.45) is 0.367.